The second-order valence-corrected chi connectivity index (χ2v) is 6.38. The van der Waals surface area contributed by atoms with E-state index in [-0.39, 0.29) is 36.5 Å². The van der Waals surface area contributed by atoms with Crippen molar-refractivity contribution in [2.75, 3.05) is 30.0 Å². The number of morpholine rings is 1. The summed E-state index contributed by atoms with van der Waals surface area (Å²) in [5.74, 6) is -2.41. The Morgan fingerprint density at radius 1 is 1.35 bits per heavy atom. The van der Waals surface area contributed by atoms with Gasteiger partial charge < -0.3 is 20.7 Å². The highest BCUT2D eigenvalue weighted by molar-refractivity contribution is 6.09. The number of hydrogen-bond donors (Lipinski definition) is 3. The number of rotatable bonds is 6. The first-order valence-corrected chi connectivity index (χ1v) is 8.49. The molecule has 2 fully saturated rings. The van der Waals surface area contributed by atoms with Gasteiger partial charge >= 0.3 is 0 Å². The van der Waals surface area contributed by atoms with Crippen LogP contribution in [0.5, 0.6) is 0 Å². The number of primary amides is 1. The van der Waals surface area contributed by atoms with E-state index < -0.39 is 23.7 Å². The Morgan fingerprint density at radius 3 is 2.69 bits per heavy atom. The summed E-state index contributed by atoms with van der Waals surface area (Å²) in [7, 11) is 0. The first-order valence-electron chi connectivity index (χ1n) is 8.49. The normalized spacial score (nSPS) is 19.0. The van der Waals surface area contributed by atoms with Crippen LogP contribution in [0.3, 0.4) is 0 Å². The molecule has 1 saturated heterocycles. The van der Waals surface area contributed by atoms with E-state index in [0.29, 0.717) is 6.61 Å². The zero-order chi connectivity index (χ0) is 18.7. The van der Waals surface area contributed by atoms with Crippen LogP contribution in [0.25, 0.3) is 0 Å². The molecule has 1 atom stereocenters. The third-order valence-corrected chi connectivity index (χ3v) is 4.55. The first-order chi connectivity index (χ1) is 12.5. The number of hydrogen-bond acceptors (Lipinski definition) is 5. The summed E-state index contributed by atoms with van der Waals surface area (Å²) in [6.45, 7) is 0.498. The van der Waals surface area contributed by atoms with Gasteiger partial charge in [-0.3, -0.25) is 19.7 Å². The summed E-state index contributed by atoms with van der Waals surface area (Å²) in [5, 5.41) is 5.40. The lowest BCUT2D eigenvalue weighted by Gasteiger charge is -2.29. The molecule has 1 aromatic carbocycles. The first kappa shape index (κ1) is 18.3. The van der Waals surface area contributed by atoms with Crippen LogP contribution >= 0.6 is 0 Å². The molecule has 1 aliphatic carbocycles. The van der Waals surface area contributed by atoms with Crippen molar-refractivity contribution in [3.8, 4) is 0 Å². The van der Waals surface area contributed by atoms with Gasteiger partial charge in [0.15, 0.2) is 6.04 Å². The Labute approximate surface area is 149 Å². The van der Waals surface area contributed by atoms with Crippen LogP contribution in [-0.4, -0.2) is 49.6 Å². The molecule has 3 rings (SSSR count). The smallest absolute Gasteiger partial charge is 0.253 e. The number of anilines is 2. The van der Waals surface area contributed by atoms with Gasteiger partial charge in [-0.1, -0.05) is 6.42 Å². The number of halogens is 1. The Balaban J connectivity index is 1.69. The standard InChI is InChI=1S/C17H21FN4O4/c18-12-8-11(4-5-13(12)22-6-7-26-9-14(22)23)21-17(25)15(16(19)24)20-10-2-1-3-10/h4-5,8,10,15,20H,1-3,6-7,9H2,(H2,19,24)(H,21,25)/t15-/m0/s1. The lowest BCUT2D eigenvalue weighted by atomic mass is 9.92. The van der Waals surface area contributed by atoms with Gasteiger partial charge in [0.2, 0.25) is 5.91 Å². The molecule has 26 heavy (non-hydrogen) atoms. The van der Waals surface area contributed by atoms with Crippen LogP contribution < -0.4 is 21.3 Å². The highest BCUT2D eigenvalue weighted by Crippen LogP contribution is 2.24. The number of ether oxygens (including phenoxy) is 1. The highest BCUT2D eigenvalue weighted by Gasteiger charge is 2.30. The molecule has 0 unspecified atom stereocenters. The number of nitrogens with zero attached hydrogens (tertiary/aromatic N) is 1. The zero-order valence-electron chi connectivity index (χ0n) is 14.2. The van der Waals surface area contributed by atoms with Crippen LogP contribution in [0.4, 0.5) is 15.8 Å². The van der Waals surface area contributed by atoms with Crippen molar-refractivity contribution in [1.82, 2.24) is 5.32 Å². The fourth-order valence-corrected chi connectivity index (χ4v) is 2.89. The Morgan fingerprint density at radius 2 is 2.12 bits per heavy atom. The SMILES string of the molecule is NC(=O)[C@H](NC1CCC1)C(=O)Nc1ccc(N2CCOCC2=O)c(F)c1. The number of nitrogens with two attached hydrogens (primary N) is 1. The molecule has 1 saturated carbocycles. The van der Waals surface area contributed by atoms with Crippen LogP contribution in [-0.2, 0) is 19.1 Å². The van der Waals surface area contributed by atoms with Crippen LogP contribution in [0, 0.1) is 5.82 Å². The maximum Gasteiger partial charge on any atom is 0.253 e. The van der Waals surface area contributed by atoms with Crippen molar-refractivity contribution in [3.63, 3.8) is 0 Å². The van der Waals surface area contributed by atoms with Crippen molar-refractivity contribution >= 4 is 29.1 Å². The Bertz CT molecular complexity index is 723. The largest absolute Gasteiger partial charge is 0.370 e. The minimum atomic E-state index is -1.18. The third-order valence-electron chi connectivity index (χ3n) is 4.55. The molecular formula is C17H21FN4O4. The molecular weight excluding hydrogens is 343 g/mol. The molecule has 4 N–H and O–H groups in total. The molecule has 0 spiro atoms. The minimum Gasteiger partial charge on any atom is -0.370 e. The fourth-order valence-electron chi connectivity index (χ4n) is 2.89. The molecule has 1 aromatic rings. The van der Waals surface area contributed by atoms with Crippen molar-refractivity contribution in [2.24, 2.45) is 5.73 Å². The molecule has 1 aliphatic heterocycles. The predicted octanol–water partition coefficient (Wildman–Crippen LogP) is 0.123. The lowest BCUT2D eigenvalue weighted by molar-refractivity contribution is -0.128. The van der Waals surface area contributed by atoms with Crippen molar-refractivity contribution < 1.29 is 23.5 Å². The summed E-state index contributed by atoms with van der Waals surface area (Å²) in [6.07, 6.45) is 2.81. The number of nitrogens with one attached hydrogen (secondary N) is 2. The molecule has 140 valence electrons. The monoisotopic (exact) mass is 364 g/mol. The van der Waals surface area contributed by atoms with Crippen LogP contribution in [0.1, 0.15) is 19.3 Å². The fraction of sp³-hybridized carbons (Fsp3) is 0.471. The van der Waals surface area contributed by atoms with E-state index in [2.05, 4.69) is 10.6 Å². The van der Waals surface area contributed by atoms with Gasteiger partial charge in [-0.25, -0.2) is 4.39 Å². The number of benzene rings is 1. The topological polar surface area (TPSA) is 114 Å². The molecule has 3 amide bonds. The van der Waals surface area contributed by atoms with Crippen molar-refractivity contribution in [1.29, 1.82) is 0 Å². The van der Waals surface area contributed by atoms with Gasteiger partial charge in [0.05, 0.1) is 12.3 Å². The van der Waals surface area contributed by atoms with Crippen LogP contribution in [0.15, 0.2) is 18.2 Å². The lowest BCUT2D eigenvalue weighted by Crippen LogP contribution is -2.54. The summed E-state index contributed by atoms with van der Waals surface area (Å²) in [4.78, 5) is 37.0. The maximum atomic E-state index is 14.4. The van der Waals surface area contributed by atoms with E-state index in [9.17, 15) is 18.8 Å². The Kier molecular flexibility index (Phi) is 5.48. The summed E-state index contributed by atoms with van der Waals surface area (Å²) in [6, 6.07) is 2.90. The van der Waals surface area contributed by atoms with Gasteiger partial charge in [0.1, 0.15) is 12.4 Å². The molecule has 0 radical (unpaired) electrons. The number of carbonyl (C=O) groups excluding carboxylic acids is 3. The third kappa shape index (κ3) is 4.00. The van der Waals surface area contributed by atoms with E-state index in [4.69, 9.17) is 10.5 Å². The van der Waals surface area contributed by atoms with E-state index in [1.807, 2.05) is 0 Å². The van der Waals surface area contributed by atoms with Gasteiger partial charge in [-0.05, 0) is 31.0 Å². The van der Waals surface area contributed by atoms with Gasteiger partial charge in [0, 0.05) is 18.3 Å². The van der Waals surface area contributed by atoms with E-state index in [0.717, 1.165) is 25.3 Å². The Hall–Kier alpha value is -2.52. The molecule has 2 aliphatic rings. The minimum absolute atomic E-state index is 0.0877. The summed E-state index contributed by atoms with van der Waals surface area (Å²) >= 11 is 0. The molecule has 9 heteroatoms. The van der Waals surface area contributed by atoms with E-state index in [1.54, 1.807) is 0 Å². The van der Waals surface area contributed by atoms with Gasteiger partial charge in [-0.2, -0.15) is 0 Å². The predicted molar refractivity (Wildman–Crippen MR) is 92.0 cm³/mol. The second-order valence-electron chi connectivity index (χ2n) is 6.38. The molecule has 0 aromatic heterocycles. The molecule has 8 nitrogen and oxygen atoms in total. The average molecular weight is 364 g/mol. The van der Waals surface area contributed by atoms with Crippen molar-refractivity contribution in [3.05, 3.63) is 24.0 Å². The zero-order valence-corrected chi connectivity index (χ0v) is 14.2. The van der Waals surface area contributed by atoms with E-state index in [1.165, 1.54) is 17.0 Å². The quantitative estimate of drug-likeness (QED) is 0.621. The molecule has 1 heterocycles. The van der Waals surface area contributed by atoms with Gasteiger partial charge in [0.25, 0.3) is 11.8 Å². The average Bonchev–Trinajstić information content (AvgIpc) is 2.54. The number of amides is 3. The molecule has 0 bridgehead atoms. The second kappa shape index (κ2) is 7.79. The van der Waals surface area contributed by atoms with E-state index >= 15 is 0 Å². The van der Waals surface area contributed by atoms with Crippen molar-refractivity contribution in [2.45, 2.75) is 31.3 Å². The number of carbonyl (C=O) groups is 3. The van der Waals surface area contributed by atoms with Gasteiger partial charge in [-0.15, -0.1) is 0 Å². The van der Waals surface area contributed by atoms with Crippen LogP contribution in [0.2, 0.25) is 0 Å². The summed E-state index contributed by atoms with van der Waals surface area (Å²) in [5.41, 5.74) is 5.59. The maximum absolute atomic E-state index is 14.4. The highest BCUT2D eigenvalue weighted by atomic mass is 19.1. The summed E-state index contributed by atoms with van der Waals surface area (Å²) < 4.78 is 19.4.